The fourth-order valence-corrected chi connectivity index (χ4v) is 1.76. The zero-order valence-corrected chi connectivity index (χ0v) is 10.6. The highest BCUT2D eigenvalue weighted by atomic mass is 32.2. The largest absolute Gasteiger partial charge is 0.452 e. The molecule has 92 valence electrons. The molecule has 0 aliphatic carbocycles. The third-order valence-electron chi connectivity index (χ3n) is 1.64. The molecule has 0 spiro atoms. The zero-order valence-electron chi connectivity index (χ0n) is 9.80. The highest BCUT2D eigenvalue weighted by molar-refractivity contribution is 8.13. The average Bonchev–Trinajstić information content (AvgIpc) is 2.15. The number of nitro groups is 1. The van der Waals surface area contributed by atoms with Gasteiger partial charge in [0.05, 0.1) is 4.92 Å². The van der Waals surface area contributed by atoms with Gasteiger partial charge in [0.1, 0.15) is 5.60 Å². The summed E-state index contributed by atoms with van der Waals surface area (Å²) in [7, 11) is 0. The minimum absolute atomic E-state index is 0.00135. The SMILES string of the molecule is CC(C)(C)OC(=O)Sc1ccc([N+](=O)[O-])cc1. The molecule has 0 saturated carbocycles. The van der Waals surface area contributed by atoms with Crippen LogP contribution >= 0.6 is 11.8 Å². The van der Waals surface area contributed by atoms with E-state index in [-0.39, 0.29) is 5.69 Å². The summed E-state index contributed by atoms with van der Waals surface area (Å²) < 4.78 is 5.11. The van der Waals surface area contributed by atoms with Crippen molar-refractivity contribution in [3.63, 3.8) is 0 Å². The van der Waals surface area contributed by atoms with Gasteiger partial charge in [-0.25, -0.2) is 4.79 Å². The first-order chi connectivity index (χ1) is 7.78. The zero-order chi connectivity index (χ0) is 13.1. The molecule has 1 aromatic rings. The van der Waals surface area contributed by atoms with Crippen molar-refractivity contribution in [1.29, 1.82) is 0 Å². The van der Waals surface area contributed by atoms with Gasteiger partial charge >= 0.3 is 5.30 Å². The number of hydrogen-bond donors (Lipinski definition) is 0. The monoisotopic (exact) mass is 255 g/mol. The Kier molecular flexibility index (Phi) is 4.11. The van der Waals surface area contributed by atoms with E-state index in [4.69, 9.17) is 4.74 Å². The van der Waals surface area contributed by atoms with Crippen molar-refractivity contribution in [3.8, 4) is 0 Å². The molecule has 0 aromatic heterocycles. The number of carbonyl (C=O) groups is 1. The maximum atomic E-state index is 11.5. The molecule has 0 radical (unpaired) electrons. The van der Waals surface area contributed by atoms with Crippen LogP contribution in [-0.4, -0.2) is 15.8 Å². The molecular weight excluding hydrogens is 242 g/mol. The van der Waals surface area contributed by atoms with E-state index in [9.17, 15) is 14.9 Å². The number of nitro benzene ring substituents is 1. The maximum Gasteiger partial charge on any atom is 0.372 e. The van der Waals surface area contributed by atoms with Gasteiger partial charge < -0.3 is 4.74 Å². The first-order valence-corrected chi connectivity index (χ1v) is 5.75. The molecule has 0 amide bonds. The number of thioether (sulfide) groups is 1. The Morgan fingerprint density at radius 3 is 2.24 bits per heavy atom. The molecule has 0 bridgehead atoms. The Morgan fingerprint density at radius 2 is 1.82 bits per heavy atom. The molecule has 0 N–H and O–H groups in total. The molecule has 5 nitrogen and oxygen atoms in total. The van der Waals surface area contributed by atoms with Crippen LogP contribution in [0.25, 0.3) is 0 Å². The molecule has 17 heavy (non-hydrogen) atoms. The summed E-state index contributed by atoms with van der Waals surface area (Å²) in [5.74, 6) is 0. The molecule has 0 aliphatic heterocycles. The minimum Gasteiger partial charge on any atom is -0.452 e. The predicted octanol–water partition coefficient (Wildman–Crippen LogP) is 3.62. The van der Waals surface area contributed by atoms with Crippen molar-refractivity contribution in [2.24, 2.45) is 0 Å². The third-order valence-corrected chi connectivity index (χ3v) is 2.40. The maximum absolute atomic E-state index is 11.5. The van der Waals surface area contributed by atoms with E-state index in [1.165, 1.54) is 24.3 Å². The Labute approximate surface area is 103 Å². The van der Waals surface area contributed by atoms with Crippen molar-refractivity contribution in [3.05, 3.63) is 34.4 Å². The smallest absolute Gasteiger partial charge is 0.372 e. The van der Waals surface area contributed by atoms with Crippen LogP contribution in [0.5, 0.6) is 0 Å². The van der Waals surface area contributed by atoms with Gasteiger partial charge in [-0.1, -0.05) is 0 Å². The molecule has 1 aromatic carbocycles. The number of rotatable bonds is 2. The normalized spacial score (nSPS) is 11.0. The van der Waals surface area contributed by atoms with Crippen molar-refractivity contribution < 1.29 is 14.5 Å². The van der Waals surface area contributed by atoms with E-state index in [1.807, 2.05) is 0 Å². The molecule has 0 atom stereocenters. The van der Waals surface area contributed by atoms with Crippen LogP contribution < -0.4 is 0 Å². The number of nitrogens with zero attached hydrogens (tertiary/aromatic N) is 1. The number of carbonyl (C=O) groups excluding carboxylic acids is 1. The van der Waals surface area contributed by atoms with Gasteiger partial charge in [-0.3, -0.25) is 10.1 Å². The standard InChI is InChI=1S/C11H13NO4S/c1-11(2,3)16-10(13)17-9-6-4-8(5-7-9)12(14)15/h4-7H,1-3H3. The van der Waals surface area contributed by atoms with Crippen molar-refractivity contribution in [2.45, 2.75) is 31.3 Å². The fourth-order valence-electron chi connectivity index (χ4n) is 1.00. The van der Waals surface area contributed by atoms with Gasteiger partial charge in [0.25, 0.3) is 5.69 Å². The molecule has 0 heterocycles. The minimum atomic E-state index is -0.537. The Balaban J connectivity index is 2.64. The van der Waals surface area contributed by atoms with Crippen LogP contribution in [0.4, 0.5) is 10.5 Å². The van der Waals surface area contributed by atoms with Crippen LogP contribution in [0.15, 0.2) is 29.2 Å². The number of ether oxygens (including phenoxy) is 1. The average molecular weight is 255 g/mol. The third kappa shape index (κ3) is 4.86. The fraction of sp³-hybridized carbons (Fsp3) is 0.364. The molecule has 0 fully saturated rings. The molecule has 0 unspecified atom stereocenters. The summed E-state index contributed by atoms with van der Waals surface area (Å²) >= 11 is 0.907. The van der Waals surface area contributed by atoms with E-state index in [2.05, 4.69) is 0 Å². The molecular formula is C11H13NO4S. The molecule has 0 saturated heterocycles. The Bertz CT molecular complexity index is 422. The van der Waals surface area contributed by atoms with E-state index >= 15 is 0 Å². The van der Waals surface area contributed by atoms with Gasteiger partial charge in [0, 0.05) is 17.0 Å². The van der Waals surface area contributed by atoms with Gasteiger partial charge in [-0.15, -0.1) is 0 Å². The van der Waals surface area contributed by atoms with Gasteiger partial charge in [-0.2, -0.15) is 0 Å². The number of non-ortho nitro benzene ring substituents is 1. The van der Waals surface area contributed by atoms with Crippen molar-refractivity contribution in [2.75, 3.05) is 0 Å². The van der Waals surface area contributed by atoms with E-state index < -0.39 is 15.8 Å². The van der Waals surface area contributed by atoms with Crippen LogP contribution in [0.2, 0.25) is 0 Å². The van der Waals surface area contributed by atoms with Crippen LogP contribution in [0.1, 0.15) is 20.8 Å². The summed E-state index contributed by atoms with van der Waals surface area (Å²) in [6.45, 7) is 5.34. The summed E-state index contributed by atoms with van der Waals surface area (Å²) in [4.78, 5) is 22.0. The van der Waals surface area contributed by atoms with Crippen LogP contribution in [0, 0.1) is 10.1 Å². The lowest BCUT2D eigenvalue weighted by Gasteiger charge is -2.18. The summed E-state index contributed by atoms with van der Waals surface area (Å²) in [6, 6.07) is 5.75. The predicted molar refractivity (Wildman–Crippen MR) is 65.2 cm³/mol. The quantitative estimate of drug-likeness (QED) is 0.349. The highest BCUT2D eigenvalue weighted by Crippen LogP contribution is 2.25. The second kappa shape index (κ2) is 5.18. The Hall–Kier alpha value is -1.56. The topological polar surface area (TPSA) is 69.4 Å². The van der Waals surface area contributed by atoms with Crippen molar-refractivity contribution >= 4 is 22.8 Å². The van der Waals surface area contributed by atoms with Crippen molar-refractivity contribution in [1.82, 2.24) is 0 Å². The second-order valence-corrected chi connectivity index (χ2v) is 5.33. The van der Waals surface area contributed by atoms with Gasteiger partial charge in [0.15, 0.2) is 0 Å². The summed E-state index contributed by atoms with van der Waals surface area (Å²) in [5.41, 5.74) is -0.538. The lowest BCUT2D eigenvalue weighted by molar-refractivity contribution is -0.384. The summed E-state index contributed by atoms with van der Waals surface area (Å²) in [5, 5.41) is 10.0. The second-order valence-electron chi connectivity index (χ2n) is 4.32. The lowest BCUT2D eigenvalue weighted by atomic mass is 10.2. The molecule has 1 rings (SSSR count). The van der Waals surface area contributed by atoms with Gasteiger partial charge in [0.2, 0.25) is 0 Å². The molecule has 6 heteroatoms. The van der Waals surface area contributed by atoms with E-state index in [0.29, 0.717) is 4.90 Å². The number of hydrogen-bond acceptors (Lipinski definition) is 5. The van der Waals surface area contributed by atoms with Crippen LogP contribution in [-0.2, 0) is 4.74 Å². The van der Waals surface area contributed by atoms with Gasteiger partial charge in [-0.05, 0) is 44.7 Å². The Morgan fingerprint density at radius 1 is 1.29 bits per heavy atom. The summed E-state index contributed by atoms with van der Waals surface area (Å²) in [6.07, 6.45) is 0. The first kappa shape index (κ1) is 13.5. The van der Waals surface area contributed by atoms with Crippen LogP contribution in [0.3, 0.4) is 0 Å². The highest BCUT2D eigenvalue weighted by Gasteiger charge is 2.17. The van der Waals surface area contributed by atoms with E-state index in [0.717, 1.165) is 11.8 Å². The number of benzene rings is 1. The first-order valence-electron chi connectivity index (χ1n) is 4.93. The lowest BCUT2D eigenvalue weighted by Crippen LogP contribution is -2.21. The van der Waals surface area contributed by atoms with E-state index in [1.54, 1.807) is 20.8 Å². The molecule has 0 aliphatic rings.